The zero-order chi connectivity index (χ0) is 14.7. The number of nitrogens with zero attached hydrogens (tertiary/aromatic N) is 3. The molecule has 6 nitrogen and oxygen atoms in total. The molecule has 0 saturated heterocycles. The van der Waals surface area contributed by atoms with Gasteiger partial charge in [-0.3, -0.25) is 14.6 Å². The molecule has 0 bridgehead atoms. The Kier molecular flexibility index (Phi) is 3.83. The maximum absolute atomic E-state index is 12.0. The minimum atomic E-state index is -0.265. The number of aromatic nitrogens is 4. The predicted molar refractivity (Wildman–Crippen MR) is 82.0 cm³/mol. The molecular formula is C14H12BrN5O. The predicted octanol–water partition coefficient (Wildman–Crippen LogP) is 2.67. The molecule has 1 aromatic carbocycles. The molecule has 2 N–H and O–H groups in total. The fraction of sp³-hybridized carbons (Fsp3) is 0.0714. The van der Waals surface area contributed by atoms with Gasteiger partial charge in [-0.15, -0.1) is 0 Å². The Hall–Kier alpha value is -2.41. The summed E-state index contributed by atoms with van der Waals surface area (Å²) in [6.45, 7) is 0.657. The molecule has 0 spiro atoms. The monoisotopic (exact) mass is 345 g/mol. The van der Waals surface area contributed by atoms with Crippen LogP contribution in [0, 0.1) is 0 Å². The third-order valence-corrected chi connectivity index (χ3v) is 3.50. The van der Waals surface area contributed by atoms with E-state index in [0.717, 1.165) is 5.56 Å². The highest BCUT2D eigenvalue weighted by atomic mass is 79.9. The topological polar surface area (TPSA) is 75.6 Å². The van der Waals surface area contributed by atoms with Crippen LogP contribution in [0.2, 0.25) is 0 Å². The molecule has 0 aliphatic heterocycles. The number of carbonyl (C=O) groups is 1. The van der Waals surface area contributed by atoms with Crippen LogP contribution < -0.4 is 5.32 Å². The molecule has 1 amide bonds. The van der Waals surface area contributed by atoms with E-state index in [2.05, 4.69) is 36.5 Å². The molecule has 0 aliphatic carbocycles. The summed E-state index contributed by atoms with van der Waals surface area (Å²) in [5.41, 5.74) is 2.16. The number of carbonyl (C=O) groups excluding carboxylic acids is 1. The maximum atomic E-state index is 12.0. The second kappa shape index (κ2) is 5.92. The van der Waals surface area contributed by atoms with Crippen LogP contribution in [0.5, 0.6) is 0 Å². The lowest BCUT2D eigenvalue weighted by atomic mass is 10.2. The SMILES string of the molecule is O=C(Nc1cnn(Cc2ccccc2)c1)c1[nH]ncc1Br. The van der Waals surface area contributed by atoms with E-state index in [-0.39, 0.29) is 5.91 Å². The average molecular weight is 346 g/mol. The highest BCUT2D eigenvalue weighted by Crippen LogP contribution is 2.15. The number of benzene rings is 1. The average Bonchev–Trinajstić information content (AvgIpc) is 3.09. The van der Waals surface area contributed by atoms with Crippen LogP contribution in [0.1, 0.15) is 16.1 Å². The van der Waals surface area contributed by atoms with Gasteiger partial charge in [-0.1, -0.05) is 30.3 Å². The Bertz CT molecular complexity index is 750. The summed E-state index contributed by atoms with van der Waals surface area (Å²) in [5.74, 6) is -0.265. The van der Waals surface area contributed by atoms with Gasteiger partial charge in [-0.2, -0.15) is 10.2 Å². The Labute approximate surface area is 129 Å². The van der Waals surface area contributed by atoms with Crippen LogP contribution in [0.4, 0.5) is 5.69 Å². The van der Waals surface area contributed by atoms with Crippen molar-refractivity contribution in [2.45, 2.75) is 6.54 Å². The van der Waals surface area contributed by atoms with Crippen molar-refractivity contribution < 1.29 is 4.79 Å². The first-order valence-electron chi connectivity index (χ1n) is 6.29. The lowest BCUT2D eigenvalue weighted by Gasteiger charge is -2.01. The Morgan fingerprint density at radius 3 is 2.81 bits per heavy atom. The van der Waals surface area contributed by atoms with Crippen LogP contribution in [0.25, 0.3) is 0 Å². The third-order valence-electron chi connectivity index (χ3n) is 2.90. The molecule has 7 heteroatoms. The molecule has 2 aromatic heterocycles. The number of amides is 1. The van der Waals surface area contributed by atoms with Crippen molar-refractivity contribution in [3.8, 4) is 0 Å². The third kappa shape index (κ3) is 3.19. The normalized spacial score (nSPS) is 10.5. The van der Waals surface area contributed by atoms with E-state index in [9.17, 15) is 4.79 Å². The van der Waals surface area contributed by atoms with Crippen molar-refractivity contribution in [3.05, 3.63) is 64.7 Å². The molecule has 2 heterocycles. The van der Waals surface area contributed by atoms with Gasteiger partial charge in [0.25, 0.3) is 5.91 Å². The molecule has 0 unspecified atom stereocenters. The summed E-state index contributed by atoms with van der Waals surface area (Å²) >= 11 is 3.25. The summed E-state index contributed by atoms with van der Waals surface area (Å²) in [5, 5.41) is 13.4. The summed E-state index contributed by atoms with van der Waals surface area (Å²) in [6.07, 6.45) is 4.94. The van der Waals surface area contributed by atoms with Crippen LogP contribution in [0.15, 0.2) is 53.4 Å². The van der Waals surface area contributed by atoms with Gasteiger partial charge in [-0.25, -0.2) is 0 Å². The molecule has 3 aromatic rings. The number of rotatable bonds is 4. The van der Waals surface area contributed by atoms with Gasteiger partial charge in [0, 0.05) is 6.20 Å². The van der Waals surface area contributed by atoms with Gasteiger partial charge >= 0.3 is 0 Å². The number of H-pyrrole nitrogens is 1. The van der Waals surface area contributed by atoms with E-state index in [4.69, 9.17) is 0 Å². The summed E-state index contributed by atoms with van der Waals surface area (Å²) in [6, 6.07) is 10.00. The number of hydrogen-bond acceptors (Lipinski definition) is 3. The lowest BCUT2D eigenvalue weighted by Crippen LogP contribution is -2.12. The highest BCUT2D eigenvalue weighted by molar-refractivity contribution is 9.10. The van der Waals surface area contributed by atoms with Crippen LogP contribution >= 0.6 is 15.9 Å². The van der Waals surface area contributed by atoms with Crippen molar-refractivity contribution in [2.75, 3.05) is 5.32 Å². The quantitative estimate of drug-likeness (QED) is 0.763. The second-order valence-corrected chi connectivity index (χ2v) is 5.31. The number of hydrogen-bond donors (Lipinski definition) is 2. The fourth-order valence-electron chi connectivity index (χ4n) is 1.91. The maximum Gasteiger partial charge on any atom is 0.274 e. The minimum absolute atomic E-state index is 0.265. The smallest absolute Gasteiger partial charge is 0.274 e. The molecule has 0 atom stereocenters. The number of halogens is 1. The Morgan fingerprint density at radius 1 is 1.29 bits per heavy atom. The van der Waals surface area contributed by atoms with Gasteiger partial charge in [0.05, 0.1) is 29.1 Å². The molecule has 3 rings (SSSR count). The first kappa shape index (κ1) is 13.6. The van der Waals surface area contributed by atoms with Crippen molar-refractivity contribution in [2.24, 2.45) is 0 Å². The summed E-state index contributed by atoms with van der Waals surface area (Å²) in [7, 11) is 0. The van der Waals surface area contributed by atoms with Crippen molar-refractivity contribution in [1.29, 1.82) is 0 Å². The van der Waals surface area contributed by atoms with Crippen LogP contribution in [-0.2, 0) is 6.54 Å². The zero-order valence-electron chi connectivity index (χ0n) is 11.0. The first-order chi connectivity index (χ1) is 10.2. The van der Waals surface area contributed by atoms with Gasteiger partial charge in [0.15, 0.2) is 0 Å². The van der Waals surface area contributed by atoms with Gasteiger partial charge in [0.1, 0.15) is 5.69 Å². The van der Waals surface area contributed by atoms with E-state index in [1.807, 2.05) is 30.3 Å². The van der Waals surface area contributed by atoms with E-state index < -0.39 is 0 Å². The Balaban J connectivity index is 1.68. The minimum Gasteiger partial charge on any atom is -0.318 e. The molecule has 0 saturated carbocycles. The van der Waals surface area contributed by atoms with E-state index in [1.54, 1.807) is 17.1 Å². The zero-order valence-corrected chi connectivity index (χ0v) is 12.5. The number of nitrogens with one attached hydrogen (secondary N) is 2. The summed E-state index contributed by atoms with van der Waals surface area (Å²) in [4.78, 5) is 12.0. The van der Waals surface area contributed by atoms with Gasteiger partial charge < -0.3 is 5.32 Å². The van der Waals surface area contributed by atoms with Crippen LogP contribution in [-0.4, -0.2) is 25.9 Å². The van der Waals surface area contributed by atoms with Crippen molar-refractivity contribution in [1.82, 2.24) is 20.0 Å². The molecule has 106 valence electrons. The second-order valence-electron chi connectivity index (χ2n) is 4.46. The van der Waals surface area contributed by atoms with Crippen molar-refractivity contribution >= 4 is 27.5 Å². The first-order valence-corrected chi connectivity index (χ1v) is 7.08. The Morgan fingerprint density at radius 2 is 2.10 bits per heavy atom. The number of aromatic amines is 1. The molecule has 0 aliphatic rings. The van der Waals surface area contributed by atoms with E-state index in [0.29, 0.717) is 22.4 Å². The van der Waals surface area contributed by atoms with Crippen LogP contribution in [0.3, 0.4) is 0 Å². The molecule has 0 radical (unpaired) electrons. The molecular weight excluding hydrogens is 334 g/mol. The highest BCUT2D eigenvalue weighted by Gasteiger charge is 2.13. The standard InChI is InChI=1S/C14H12BrN5O/c15-12-7-16-19-13(12)14(21)18-11-6-17-20(9-11)8-10-4-2-1-3-5-10/h1-7,9H,8H2,(H,16,19)(H,18,21). The largest absolute Gasteiger partial charge is 0.318 e. The summed E-state index contributed by atoms with van der Waals surface area (Å²) < 4.78 is 2.39. The number of anilines is 1. The van der Waals surface area contributed by atoms with Gasteiger partial charge in [0.2, 0.25) is 0 Å². The molecule has 0 fully saturated rings. The van der Waals surface area contributed by atoms with Crippen molar-refractivity contribution in [3.63, 3.8) is 0 Å². The molecule has 21 heavy (non-hydrogen) atoms. The van der Waals surface area contributed by atoms with E-state index >= 15 is 0 Å². The lowest BCUT2D eigenvalue weighted by molar-refractivity contribution is 0.102. The van der Waals surface area contributed by atoms with E-state index in [1.165, 1.54) is 6.20 Å². The fourth-order valence-corrected chi connectivity index (χ4v) is 2.28. The van der Waals surface area contributed by atoms with Gasteiger partial charge in [-0.05, 0) is 21.5 Å².